The Hall–Kier alpha value is -2.52. The lowest BCUT2D eigenvalue weighted by Gasteiger charge is -2.31. The van der Waals surface area contributed by atoms with Gasteiger partial charge in [-0.3, -0.25) is 4.57 Å². The van der Waals surface area contributed by atoms with Gasteiger partial charge in [0, 0.05) is 19.1 Å². The molecule has 0 saturated carbocycles. The van der Waals surface area contributed by atoms with E-state index in [4.69, 9.17) is 0 Å². The summed E-state index contributed by atoms with van der Waals surface area (Å²) in [6.07, 6.45) is 0.898. The van der Waals surface area contributed by atoms with Gasteiger partial charge in [0.05, 0.1) is 15.9 Å². The molecule has 1 fully saturated rings. The predicted octanol–water partition coefficient (Wildman–Crippen LogP) is 2.63. The van der Waals surface area contributed by atoms with Crippen molar-refractivity contribution in [3.63, 3.8) is 0 Å². The molecular weight excluding hydrogens is 376 g/mol. The summed E-state index contributed by atoms with van der Waals surface area (Å²) in [6.45, 7) is 0.385. The van der Waals surface area contributed by atoms with Crippen molar-refractivity contribution in [1.29, 1.82) is 0 Å². The zero-order valence-electron chi connectivity index (χ0n) is 14.2. The topological polar surface area (TPSA) is 75.2 Å². The molecule has 1 N–H and O–H groups in total. The van der Waals surface area contributed by atoms with Crippen LogP contribution < -0.4 is 5.69 Å². The fourth-order valence-corrected chi connectivity index (χ4v) is 5.05. The molecule has 0 amide bonds. The molecule has 6 nitrogen and oxygen atoms in total. The molecule has 3 aromatic rings. The first-order valence-electron chi connectivity index (χ1n) is 8.52. The van der Waals surface area contributed by atoms with Gasteiger partial charge in [-0.1, -0.05) is 12.1 Å². The van der Waals surface area contributed by atoms with Crippen LogP contribution in [0.15, 0.2) is 52.2 Å². The molecule has 2 aromatic carbocycles. The molecule has 1 aliphatic heterocycles. The van der Waals surface area contributed by atoms with Gasteiger partial charge in [0.15, 0.2) is 11.6 Å². The number of halogens is 2. The molecular formula is C18H17F2N3O3S. The average molecular weight is 393 g/mol. The number of sulfonamides is 1. The SMILES string of the molecule is O=c1[nH]c2ccccc2n1C1CCN(S(=O)(=O)c2ccc(F)c(F)c2)CC1. The Morgan fingerprint density at radius 1 is 1.00 bits per heavy atom. The van der Waals surface area contributed by atoms with E-state index in [1.807, 2.05) is 24.3 Å². The predicted molar refractivity (Wildman–Crippen MR) is 95.9 cm³/mol. The lowest BCUT2D eigenvalue weighted by Crippen LogP contribution is -2.40. The second-order valence-corrected chi connectivity index (χ2v) is 8.47. The molecule has 1 aliphatic rings. The van der Waals surface area contributed by atoms with Gasteiger partial charge >= 0.3 is 5.69 Å². The summed E-state index contributed by atoms with van der Waals surface area (Å²) in [4.78, 5) is 14.8. The van der Waals surface area contributed by atoms with Gasteiger partial charge in [0.2, 0.25) is 10.0 Å². The van der Waals surface area contributed by atoms with E-state index in [1.54, 1.807) is 4.57 Å². The molecule has 2 heterocycles. The summed E-state index contributed by atoms with van der Waals surface area (Å²) in [5.41, 5.74) is 1.29. The van der Waals surface area contributed by atoms with Crippen molar-refractivity contribution in [2.75, 3.05) is 13.1 Å². The van der Waals surface area contributed by atoms with E-state index in [0.29, 0.717) is 18.9 Å². The van der Waals surface area contributed by atoms with E-state index >= 15 is 0 Å². The summed E-state index contributed by atoms with van der Waals surface area (Å²) < 4.78 is 54.8. The smallest absolute Gasteiger partial charge is 0.306 e. The number of imidazole rings is 1. The third-order valence-corrected chi connectivity index (χ3v) is 6.84. The van der Waals surface area contributed by atoms with Crippen molar-refractivity contribution < 1.29 is 17.2 Å². The van der Waals surface area contributed by atoms with E-state index in [0.717, 1.165) is 23.2 Å². The first kappa shape index (κ1) is 17.9. The van der Waals surface area contributed by atoms with Crippen LogP contribution in [0.5, 0.6) is 0 Å². The maximum atomic E-state index is 13.4. The van der Waals surface area contributed by atoms with Gasteiger partial charge in [0.1, 0.15) is 0 Å². The highest BCUT2D eigenvalue weighted by molar-refractivity contribution is 7.89. The summed E-state index contributed by atoms with van der Waals surface area (Å²) in [5, 5.41) is 0. The van der Waals surface area contributed by atoms with Crippen LogP contribution in [-0.4, -0.2) is 35.4 Å². The first-order chi connectivity index (χ1) is 12.9. The van der Waals surface area contributed by atoms with Crippen LogP contribution in [0.1, 0.15) is 18.9 Å². The number of piperidine rings is 1. The van der Waals surface area contributed by atoms with Crippen LogP contribution in [0, 0.1) is 11.6 Å². The van der Waals surface area contributed by atoms with Crippen molar-refractivity contribution in [3.8, 4) is 0 Å². The Morgan fingerprint density at radius 3 is 2.41 bits per heavy atom. The minimum absolute atomic E-state index is 0.134. The number of para-hydroxylation sites is 2. The van der Waals surface area contributed by atoms with Crippen molar-refractivity contribution in [2.24, 2.45) is 0 Å². The Balaban J connectivity index is 1.57. The number of nitrogens with one attached hydrogen (secondary N) is 1. The lowest BCUT2D eigenvalue weighted by molar-refractivity contribution is 0.274. The number of nitrogens with zero attached hydrogens (tertiary/aromatic N) is 2. The standard InChI is InChI=1S/C18H17F2N3O3S/c19-14-6-5-13(11-15(14)20)27(25,26)22-9-7-12(8-10-22)23-17-4-2-1-3-16(17)21-18(23)24/h1-6,11-12H,7-10H2,(H,21,24). The van der Waals surface area contributed by atoms with Gasteiger partial charge < -0.3 is 4.98 Å². The van der Waals surface area contributed by atoms with Gasteiger partial charge in [-0.2, -0.15) is 4.31 Å². The molecule has 1 saturated heterocycles. The number of rotatable bonds is 3. The van der Waals surface area contributed by atoms with E-state index in [1.165, 1.54) is 4.31 Å². The molecule has 0 radical (unpaired) electrons. The zero-order valence-corrected chi connectivity index (χ0v) is 15.0. The van der Waals surface area contributed by atoms with Crippen LogP contribution in [0.25, 0.3) is 11.0 Å². The van der Waals surface area contributed by atoms with Crippen molar-refractivity contribution in [3.05, 3.63) is 64.6 Å². The number of fused-ring (bicyclic) bond motifs is 1. The number of H-pyrrole nitrogens is 1. The largest absolute Gasteiger partial charge is 0.326 e. The highest BCUT2D eigenvalue weighted by atomic mass is 32.2. The number of benzene rings is 2. The van der Waals surface area contributed by atoms with Gasteiger partial charge in [0.25, 0.3) is 0 Å². The Bertz CT molecular complexity index is 1160. The van der Waals surface area contributed by atoms with Crippen LogP contribution in [0.3, 0.4) is 0 Å². The third kappa shape index (κ3) is 3.06. The maximum Gasteiger partial charge on any atom is 0.326 e. The highest BCUT2D eigenvalue weighted by Crippen LogP contribution is 2.28. The average Bonchev–Trinajstić information content (AvgIpc) is 2.99. The van der Waals surface area contributed by atoms with Crippen molar-refractivity contribution in [1.82, 2.24) is 13.9 Å². The molecule has 4 rings (SSSR count). The first-order valence-corrected chi connectivity index (χ1v) is 9.96. The van der Waals surface area contributed by atoms with Crippen LogP contribution in [0.4, 0.5) is 8.78 Å². The Morgan fingerprint density at radius 2 is 1.70 bits per heavy atom. The summed E-state index contributed by atoms with van der Waals surface area (Å²) >= 11 is 0. The third-order valence-electron chi connectivity index (χ3n) is 4.94. The number of aromatic amines is 1. The Labute approximate surface area is 154 Å². The fraction of sp³-hybridized carbons (Fsp3) is 0.278. The number of hydrogen-bond acceptors (Lipinski definition) is 3. The second kappa shape index (κ2) is 6.58. The normalized spacial score (nSPS) is 16.8. The molecule has 27 heavy (non-hydrogen) atoms. The molecule has 0 aliphatic carbocycles. The van der Waals surface area contributed by atoms with Crippen LogP contribution >= 0.6 is 0 Å². The molecule has 0 unspecified atom stereocenters. The molecule has 9 heteroatoms. The van der Waals surface area contributed by atoms with E-state index < -0.39 is 21.7 Å². The molecule has 0 bridgehead atoms. The molecule has 1 aromatic heterocycles. The molecule has 142 valence electrons. The summed E-state index contributed by atoms with van der Waals surface area (Å²) in [6, 6.07) is 9.76. The fourth-order valence-electron chi connectivity index (χ4n) is 3.56. The van der Waals surface area contributed by atoms with Gasteiger partial charge in [-0.25, -0.2) is 22.0 Å². The van der Waals surface area contributed by atoms with Crippen molar-refractivity contribution >= 4 is 21.1 Å². The highest BCUT2D eigenvalue weighted by Gasteiger charge is 2.31. The van der Waals surface area contributed by atoms with E-state index in [2.05, 4.69) is 4.98 Å². The molecule has 0 spiro atoms. The Kier molecular flexibility index (Phi) is 4.35. The van der Waals surface area contributed by atoms with Crippen molar-refractivity contribution in [2.45, 2.75) is 23.8 Å². The lowest BCUT2D eigenvalue weighted by atomic mass is 10.1. The van der Waals surface area contributed by atoms with Crippen LogP contribution in [-0.2, 0) is 10.0 Å². The zero-order chi connectivity index (χ0) is 19.2. The van der Waals surface area contributed by atoms with E-state index in [-0.39, 0.29) is 29.7 Å². The summed E-state index contributed by atoms with van der Waals surface area (Å²) in [5.74, 6) is -2.29. The monoisotopic (exact) mass is 393 g/mol. The van der Waals surface area contributed by atoms with Gasteiger partial charge in [-0.05, 0) is 43.2 Å². The van der Waals surface area contributed by atoms with Crippen LogP contribution in [0.2, 0.25) is 0 Å². The van der Waals surface area contributed by atoms with E-state index in [9.17, 15) is 22.0 Å². The second-order valence-electron chi connectivity index (χ2n) is 6.53. The van der Waals surface area contributed by atoms with Gasteiger partial charge in [-0.15, -0.1) is 0 Å². The quantitative estimate of drug-likeness (QED) is 0.743. The minimum atomic E-state index is -3.91. The molecule has 0 atom stereocenters. The summed E-state index contributed by atoms with van der Waals surface area (Å²) in [7, 11) is -3.91. The number of hydrogen-bond donors (Lipinski definition) is 1. The maximum absolute atomic E-state index is 13.4. The number of aromatic nitrogens is 2. The minimum Gasteiger partial charge on any atom is -0.306 e.